The number of nitrogens with one attached hydrogen (secondary N) is 1. The summed E-state index contributed by atoms with van der Waals surface area (Å²) in [6, 6.07) is 15.6. The van der Waals surface area contributed by atoms with Crippen LogP contribution in [0.5, 0.6) is 0 Å². The fraction of sp³-hybridized carbons (Fsp3) is 0.385. The molecule has 2 aromatic carbocycles. The molecule has 174 valence electrons. The third kappa shape index (κ3) is 5.66. The highest BCUT2D eigenvalue weighted by Gasteiger charge is 2.35. The van der Waals surface area contributed by atoms with E-state index >= 15 is 0 Å². The first-order valence-electron chi connectivity index (χ1n) is 11.4. The van der Waals surface area contributed by atoms with Gasteiger partial charge in [-0.15, -0.1) is 0 Å². The normalized spacial score (nSPS) is 14.6. The minimum Gasteiger partial charge on any atom is -0.352 e. The van der Waals surface area contributed by atoms with Gasteiger partial charge < -0.3 is 10.2 Å². The second kappa shape index (κ2) is 10.9. The summed E-state index contributed by atoms with van der Waals surface area (Å²) in [6.45, 7) is 6.10. The number of benzene rings is 2. The van der Waals surface area contributed by atoms with E-state index in [9.17, 15) is 19.2 Å². The summed E-state index contributed by atoms with van der Waals surface area (Å²) in [5.41, 5.74) is 1.72. The molecule has 1 aliphatic heterocycles. The van der Waals surface area contributed by atoms with Gasteiger partial charge in [-0.25, -0.2) is 0 Å². The Hall–Kier alpha value is -3.48. The molecule has 3 rings (SSSR count). The summed E-state index contributed by atoms with van der Waals surface area (Å²) in [5.74, 6) is -1.05. The van der Waals surface area contributed by atoms with Gasteiger partial charge in [0.15, 0.2) is 0 Å². The molecule has 0 radical (unpaired) electrons. The van der Waals surface area contributed by atoms with E-state index < -0.39 is 6.04 Å². The van der Waals surface area contributed by atoms with Gasteiger partial charge >= 0.3 is 0 Å². The van der Waals surface area contributed by atoms with Crippen LogP contribution < -0.4 is 5.32 Å². The smallest absolute Gasteiger partial charge is 0.261 e. The summed E-state index contributed by atoms with van der Waals surface area (Å²) >= 11 is 0. The van der Waals surface area contributed by atoms with Gasteiger partial charge in [0.1, 0.15) is 6.04 Å². The molecule has 7 nitrogen and oxygen atoms in total. The molecular weight excluding hydrogens is 418 g/mol. The van der Waals surface area contributed by atoms with E-state index in [1.54, 1.807) is 36.1 Å². The van der Waals surface area contributed by atoms with E-state index in [-0.39, 0.29) is 42.6 Å². The Morgan fingerprint density at radius 3 is 2.09 bits per heavy atom. The van der Waals surface area contributed by atoms with Gasteiger partial charge in [-0.3, -0.25) is 24.1 Å². The topological polar surface area (TPSA) is 86.8 Å². The molecule has 2 atom stereocenters. The zero-order valence-electron chi connectivity index (χ0n) is 19.4. The quantitative estimate of drug-likeness (QED) is 0.563. The summed E-state index contributed by atoms with van der Waals surface area (Å²) in [4.78, 5) is 53.7. The van der Waals surface area contributed by atoms with E-state index in [0.717, 1.165) is 12.0 Å². The number of amides is 4. The highest BCUT2D eigenvalue weighted by Crippen LogP contribution is 2.23. The van der Waals surface area contributed by atoms with Crippen molar-refractivity contribution in [1.29, 1.82) is 0 Å². The van der Waals surface area contributed by atoms with Crippen molar-refractivity contribution in [1.82, 2.24) is 15.1 Å². The molecular formula is C26H31N3O4. The van der Waals surface area contributed by atoms with Crippen molar-refractivity contribution in [2.24, 2.45) is 0 Å². The summed E-state index contributed by atoms with van der Waals surface area (Å²) in [7, 11) is 0. The standard InChI is InChI=1S/C26H31N3O4/c1-4-18(2)27-24(31)19(3)29(17-20-11-6-5-7-12-20)23(30)15-10-16-28-25(32)21-13-8-9-14-22(21)26(28)33/h5-9,11-14,18-19H,4,10,15-17H2,1-3H3,(H,27,31). The van der Waals surface area contributed by atoms with Crippen LogP contribution in [0.4, 0.5) is 0 Å². The maximum atomic E-state index is 13.2. The molecule has 0 saturated heterocycles. The van der Waals surface area contributed by atoms with E-state index in [4.69, 9.17) is 0 Å². The summed E-state index contributed by atoms with van der Waals surface area (Å²) in [6.07, 6.45) is 1.25. The highest BCUT2D eigenvalue weighted by atomic mass is 16.2. The van der Waals surface area contributed by atoms with Gasteiger partial charge in [0.25, 0.3) is 11.8 Å². The Kier molecular flexibility index (Phi) is 7.98. The fourth-order valence-corrected chi connectivity index (χ4v) is 3.80. The molecule has 1 aliphatic rings. The Morgan fingerprint density at radius 2 is 1.52 bits per heavy atom. The summed E-state index contributed by atoms with van der Waals surface area (Å²) < 4.78 is 0. The predicted molar refractivity (Wildman–Crippen MR) is 125 cm³/mol. The first kappa shape index (κ1) is 24.2. The van der Waals surface area contributed by atoms with Crippen molar-refractivity contribution in [2.45, 2.75) is 58.7 Å². The van der Waals surface area contributed by atoms with E-state index in [0.29, 0.717) is 24.1 Å². The van der Waals surface area contributed by atoms with Gasteiger partial charge in [-0.05, 0) is 44.4 Å². The number of carbonyl (C=O) groups excluding carboxylic acids is 4. The number of nitrogens with zero attached hydrogens (tertiary/aromatic N) is 2. The SMILES string of the molecule is CCC(C)NC(=O)C(C)N(Cc1ccccc1)C(=O)CCCN1C(=O)c2ccccc2C1=O. The maximum absolute atomic E-state index is 13.2. The molecule has 2 aromatic rings. The first-order valence-corrected chi connectivity index (χ1v) is 11.4. The van der Waals surface area contributed by atoms with Crippen LogP contribution in [0.3, 0.4) is 0 Å². The minimum atomic E-state index is -0.647. The van der Waals surface area contributed by atoms with Gasteiger partial charge in [0.2, 0.25) is 11.8 Å². The highest BCUT2D eigenvalue weighted by molar-refractivity contribution is 6.21. The van der Waals surface area contributed by atoms with Gasteiger partial charge in [0.05, 0.1) is 11.1 Å². The lowest BCUT2D eigenvalue weighted by molar-refractivity contribution is -0.141. The van der Waals surface area contributed by atoms with Crippen molar-refractivity contribution in [3.05, 3.63) is 71.3 Å². The van der Waals surface area contributed by atoms with Crippen LogP contribution in [-0.4, -0.2) is 52.1 Å². The lowest BCUT2D eigenvalue weighted by Gasteiger charge is -2.30. The molecule has 0 spiro atoms. The molecule has 0 aromatic heterocycles. The third-order valence-corrected chi connectivity index (χ3v) is 6.01. The number of hydrogen-bond donors (Lipinski definition) is 1. The molecule has 0 fully saturated rings. The van der Waals surface area contributed by atoms with Crippen LogP contribution in [0.15, 0.2) is 54.6 Å². The van der Waals surface area contributed by atoms with E-state index in [1.807, 2.05) is 44.2 Å². The lowest BCUT2D eigenvalue weighted by atomic mass is 10.1. The Labute approximate surface area is 194 Å². The molecule has 2 unspecified atom stereocenters. The first-order chi connectivity index (χ1) is 15.8. The zero-order chi connectivity index (χ0) is 24.0. The van der Waals surface area contributed by atoms with Crippen LogP contribution in [-0.2, 0) is 16.1 Å². The van der Waals surface area contributed by atoms with Crippen LogP contribution >= 0.6 is 0 Å². The van der Waals surface area contributed by atoms with Crippen LogP contribution in [0, 0.1) is 0 Å². The average Bonchev–Trinajstić information content (AvgIpc) is 3.07. The third-order valence-electron chi connectivity index (χ3n) is 6.01. The number of rotatable bonds is 10. The van der Waals surface area contributed by atoms with E-state index in [2.05, 4.69) is 5.32 Å². The number of imide groups is 1. The molecule has 4 amide bonds. The molecule has 1 heterocycles. The largest absolute Gasteiger partial charge is 0.352 e. The van der Waals surface area contributed by atoms with E-state index in [1.165, 1.54) is 4.90 Å². The van der Waals surface area contributed by atoms with Crippen LogP contribution in [0.1, 0.15) is 66.3 Å². The monoisotopic (exact) mass is 449 g/mol. The Morgan fingerprint density at radius 1 is 0.939 bits per heavy atom. The second-order valence-electron chi connectivity index (χ2n) is 8.41. The predicted octanol–water partition coefficient (Wildman–Crippen LogP) is 3.39. The van der Waals surface area contributed by atoms with Gasteiger partial charge in [0, 0.05) is 25.6 Å². The fourth-order valence-electron chi connectivity index (χ4n) is 3.80. The molecule has 7 heteroatoms. The van der Waals surface area contributed by atoms with Crippen molar-refractivity contribution in [3.8, 4) is 0 Å². The number of carbonyl (C=O) groups is 4. The van der Waals surface area contributed by atoms with Crippen LogP contribution in [0.25, 0.3) is 0 Å². The number of hydrogen-bond acceptors (Lipinski definition) is 4. The van der Waals surface area contributed by atoms with Gasteiger partial charge in [-0.1, -0.05) is 49.4 Å². The molecule has 1 N–H and O–H groups in total. The van der Waals surface area contributed by atoms with Crippen molar-refractivity contribution in [3.63, 3.8) is 0 Å². The Balaban J connectivity index is 1.65. The lowest BCUT2D eigenvalue weighted by Crippen LogP contribution is -2.49. The molecule has 0 saturated carbocycles. The van der Waals surface area contributed by atoms with Gasteiger partial charge in [-0.2, -0.15) is 0 Å². The average molecular weight is 450 g/mol. The molecule has 33 heavy (non-hydrogen) atoms. The zero-order valence-corrected chi connectivity index (χ0v) is 19.4. The molecule has 0 bridgehead atoms. The van der Waals surface area contributed by atoms with Crippen molar-refractivity contribution in [2.75, 3.05) is 6.54 Å². The maximum Gasteiger partial charge on any atom is 0.261 e. The van der Waals surface area contributed by atoms with Crippen LogP contribution in [0.2, 0.25) is 0 Å². The minimum absolute atomic E-state index is 0.0162. The van der Waals surface area contributed by atoms with Crippen molar-refractivity contribution >= 4 is 23.6 Å². The molecule has 0 aliphatic carbocycles. The second-order valence-corrected chi connectivity index (χ2v) is 8.41. The summed E-state index contributed by atoms with van der Waals surface area (Å²) in [5, 5.41) is 2.94. The Bertz CT molecular complexity index is 986. The number of fused-ring (bicyclic) bond motifs is 1. The van der Waals surface area contributed by atoms with Crippen molar-refractivity contribution < 1.29 is 19.2 Å².